The third-order valence-electron chi connectivity index (χ3n) is 2.99. The van der Waals surface area contributed by atoms with E-state index in [-0.39, 0.29) is 5.91 Å². The summed E-state index contributed by atoms with van der Waals surface area (Å²) in [5.74, 6) is -0.0748. The normalized spacial score (nSPS) is 17.1. The van der Waals surface area contributed by atoms with E-state index in [4.69, 9.17) is 23.8 Å². The highest BCUT2D eigenvalue weighted by atomic mass is 35.5. The van der Waals surface area contributed by atoms with Crippen molar-refractivity contribution in [2.24, 2.45) is 0 Å². The predicted octanol–water partition coefficient (Wildman–Crippen LogP) is 3.89. The molecule has 0 atom stereocenters. The number of thioether (sulfide) groups is 1. The van der Waals surface area contributed by atoms with E-state index in [0.29, 0.717) is 14.2 Å². The maximum Gasteiger partial charge on any atom is 0.272 e. The van der Waals surface area contributed by atoms with Gasteiger partial charge in [0.05, 0.1) is 10.6 Å². The van der Waals surface area contributed by atoms with Crippen LogP contribution in [0.2, 0.25) is 5.02 Å². The number of rotatable bonds is 4. The lowest BCUT2D eigenvalue weighted by atomic mass is 10.3. The van der Waals surface area contributed by atoms with Gasteiger partial charge in [0.25, 0.3) is 5.91 Å². The Morgan fingerprint density at radius 3 is 2.45 bits per heavy atom. The third kappa shape index (κ3) is 3.16. The maximum absolute atomic E-state index is 12.5. The summed E-state index contributed by atoms with van der Waals surface area (Å²) in [4.78, 5) is 16.7. The number of nitrogens with zero attached hydrogens (tertiary/aromatic N) is 2. The van der Waals surface area contributed by atoms with Crippen molar-refractivity contribution < 1.29 is 4.79 Å². The van der Waals surface area contributed by atoms with Gasteiger partial charge in [-0.05, 0) is 38.1 Å². The van der Waals surface area contributed by atoms with Crippen molar-refractivity contribution in [1.29, 1.82) is 0 Å². The van der Waals surface area contributed by atoms with Gasteiger partial charge < -0.3 is 4.90 Å². The van der Waals surface area contributed by atoms with Crippen LogP contribution in [0.25, 0.3) is 0 Å². The smallest absolute Gasteiger partial charge is 0.272 e. The van der Waals surface area contributed by atoms with Gasteiger partial charge in [-0.3, -0.25) is 9.69 Å². The van der Waals surface area contributed by atoms with E-state index in [0.717, 1.165) is 18.8 Å². The number of carbonyl (C=O) groups excluding carboxylic acids is 1. The number of thiocarbonyl (C=S) groups is 1. The minimum Gasteiger partial charge on any atom is -0.377 e. The van der Waals surface area contributed by atoms with Gasteiger partial charge in [-0.15, -0.1) is 0 Å². The minimum absolute atomic E-state index is 0.0748. The molecule has 1 aliphatic heterocycles. The van der Waals surface area contributed by atoms with Crippen molar-refractivity contribution in [2.75, 3.05) is 18.0 Å². The lowest BCUT2D eigenvalue weighted by molar-refractivity contribution is -0.113. The molecule has 1 heterocycles. The van der Waals surface area contributed by atoms with Crippen LogP contribution in [0.1, 0.15) is 13.8 Å². The second-order valence-corrected chi connectivity index (χ2v) is 6.31. The number of benzene rings is 1. The largest absolute Gasteiger partial charge is 0.377 e. The predicted molar refractivity (Wildman–Crippen MR) is 90.1 cm³/mol. The van der Waals surface area contributed by atoms with Gasteiger partial charge in [0.1, 0.15) is 0 Å². The van der Waals surface area contributed by atoms with Crippen LogP contribution < -0.4 is 4.90 Å². The van der Waals surface area contributed by atoms with Crippen LogP contribution in [0, 0.1) is 0 Å². The highest BCUT2D eigenvalue weighted by molar-refractivity contribution is 8.27. The number of carbonyl (C=O) groups is 1. The number of hydrogen-bond donors (Lipinski definition) is 0. The first-order valence-electron chi connectivity index (χ1n) is 6.34. The van der Waals surface area contributed by atoms with Crippen molar-refractivity contribution in [3.8, 4) is 0 Å². The molecule has 0 aromatic heterocycles. The second kappa shape index (κ2) is 6.61. The first kappa shape index (κ1) is 15.4. The van der Waals surface area contributed by atoms with E-state index in [1.165, 1.54) is 11.8 Å². The van der Waals surface area contributed by atoms with E-state index in [9.17, 15) is 4.79 Å². The summed E-state index contributed by atoms with van der Waals surface area (Å²) in [5.41, 5.74) is 0.750. The summed E-state index contributed by atoms with van der Waals surface area (Å²) in [5, 5.41) is 0.637. The molecule has 1 aromatic rings. The molecule has 1 fully saturated rings. The van der Waals surface area contributed by atoms with Crippen molar-refractivity contribution in [2.45, 2.75) is 13.8 Å². The fourth-order valence-corrected chi connectivity index (χ4v) is 3.27. The third-order valence-corrected chi connectivity index (χ3v) is 4.53. The van der Waals surface area contributed by atoms with Gasteiger partial charge in [-0.25, -0.2) is 0 Å². The Kier molecular flexibility index (Phi) is 5.07. The molecule has 0 aliphatic carbocycles. The first-order valence-corrected chi connectivity index (χ1v) is 7.94. The molecule has 0 radical (unpaired) electrons. The Balaban J connectivity index is 2.27. The summed E-state index contributed by atoms with van der Waals surface area (Å²) < 4.78 is 0.552. The van der Waals surface area contributed by atoms with Crippen LogP contribution in [0.5, 0.6) is 0 Å². The molecule has 0 N–H and O–H groups in total. The zero-order valence-corrected chi connectivity index (χ0v) is 13.7. The van der Waals surface area contributed by atoms with Crippen molar-refractivity contribution in [1.82, 2.24) is 4.90 Å². The summed E-state index contributed by atoms with van der Waals surface area (Å²) in [7, 11) is 0. The molecular weight excluding hydrogens is 312 g/mol. The molecule has 1 saturated heterocycles. The number of hydrogen-bond acceptors (Lipinski definition) is 4. The topological polar surface area (TPSA) is 23.6 Å². The number of halogens is 1. The molecule has 6 heteroatoms. The quantitative estimate of drug-likeness (QED) is 0.618. The first-order chi connectivity index (χ1) is 9.56. The fraction of sp³-hybridized carbons (Fsp3) is 0.286. The molecule has 1 aromatic carbocycles. The summed E-state index contributed by atoms with van der Waals surface area (Å²) >= 11 is 12.5. The Bertz CT molecular complexity index is 553. The van der Waals surface area contributed by atoms with Gasteiger partial charge in [-0.2, -0.15) is 0 Å². The second-order valence-electron chi connectivity index (χ2n) is 4.20. The Morgan fingerprint density at radius 2 is 1.90 bits per heavy atom. The zero-order valence-electron chi connectivity index (χ0n) is 11.3. The van der Waals surface area contributed by atoms with Crippen LogP contribution in [0.3, 0.4) is 0 Å². The summed E-state index contributed by atoms with van der Waals surface area (Å²) in [6.45, 7) is 5.84. The van der Waals surface area contributed by atoms with Crippen LogP contribution in [-0.2, 0) is 4.79 Å². The molecule has 0 saturated carbocycles. The monoisotopic (exact) mass is 326 g/mol. The van der Waals surface area contributed by atoms with E-state index >= 15 is 0 Å². The van der Waals surface area contributed by atoms with E-state index in [1.54, 1.807) is 29.2 Å². The molecule has 1 amide bonds. The highest BCUT2D eigenvalue weighted by Gasteiger charge is 2.33. The van der Waals surface area contributed by atoms with Gasteiger partial charge in [0.15, 0.2) is 4.32 Å². The molecule has 106 valence electrons. The lowest BCUT2D eigenvalue weighted by Crippen LogP contribution is -2.28. The maximum atomic E-state index is 12.5. The Hall–Kier alpha value is -1.04. The molecule has 20 heavy (non-hydrogen) atoms. The van der Waals surface area contributed by atoms with Crippen LogP contribution in [0.15, 0.2) is 35.4 Å². The lowest BCUT2D eigenvalue weighted by Gasteiger charge is -2.16. The average molecular weight is 327 g/mol. The molecule has 3 nitrogen and oxygen atoms in total. The average Bonchev–Trinajstić information content (AvgIpc) is 2.72. The minimum atomic E-state index is -0.0748. The molecule has 0 spiro atoms. The number of anilines is 1. The summed E-state index contributed by atoms with van der Waals surface area (Å²) in [6, 6.07) is 7.11. The zero-order chi connectivity index (χ0) is 14.7. The molecule has 0 unspecified atom stereocenters. The van der Waals surface area contributed by atoms with Crippen LogP contribution in [0.4, 0.5) is 5.69 Å². The van der Waals surface area contributed by atoms with Gasteiger partial charge in [0, 0.05) is 24.3 Å². The Morgan fingerprint density at radius 1 is 1.30 bits per heavy atom. The van der Waals surface area contributed by atoms with Crippen molar-refractivity contribution in [3.05, 3.63) is 40.4 Å². The SMILES string of the molecule is CCN(/C=C1\SC(=S)N(c2ccc(Cl)cc2)C1=O)CC. The number of amides is 1. The van der Waals surface area contributed by atoms with Crippen LogP contribution in [-0.4, -0.2) is 28.2 Å². The van der Waals surface area contributed by atoms with Gasteiger partial charge in [-0.1, -0.05) is 35.6 Å². The fourth-order valence-electron chi connectivity index (χ4n) is 1.84. The molecule has 0 bridgehead atoms. The van der Waals surface area contributed by atoms with Crippen LogP contribution >= 0.6 is 35.6 Å². The summed E-state index contributed by atoms with van der Waals surface area (Å²) in [6.07, 6.45) is 1.88. The molecular formula is C14H15ClN2OS2. The molecule has 1 aliphatic rings. The molecule has 2 rings (SSSR count). The standard InChI is InChI=1S/C14H15ClN2OS2/c1-3-16(4-2)9-12-13(18)17(14(19)20-12)11-7-5-10(15)6-8-11/h5-9H,3-4H2,1-2H3/b12-9-. The Labute approximate surface area is 133 Å². The highest BCUT2D eigenvalue weighted by Crippen LogP contribution is 2.35. The van der Waals surface area contributed by atoms with E-state index < -0.39 is 0 Å². The van der Waals surface area contributed by atoms with E-state index in [1.807, 2.05) is 6.20 Å². The van der Waals surface area contributed by atoms with Gasteiger partial charge in [0.2, 0.25) is 0 Å². The van der Waals surface area contributed by atoms with E-state index in [2.05, 4.69) is 18.7 Å². The van der Waals surface area contributed by atoms with Crippen molar-refractivity contribution >= 4 is 51.5 Å². The van der Waals surface area contributed by atoms with Gasteiger partial charge >= 0.3 is 0 Å². The van der Waals surface area contributed by atoms with Crippen molar-refractivity contribution in [3.63, 3.8) is 0 Å².